The summed E-state index contributed by atoms with van der Waals surface area (Å²) in [6, 6.07) is 8.25. The molecule has 0 fully saturated rings. The first-order chi connectivity index (χ1) is 9.56. The first kappa shape index (κ1) is 13.1. The van der Waals surface area contributed by atoms with E-state index in [-0.39, 0.29) is 0 Å². The highest BCUT2D eigenvalue weighted by Crippen LogP contribution is 2.34. The topological polar surface area (TPSA) is 37.8 Å². The average molecular weight is 283 g/mol. The third-order valence-electron chi connectivity index (χ3n) is 3.54. The number of hydrogen-bond donors (Lipinski definition) is 1. The van der Waals surface area contributed by atoms with Crippen molar-refractivity contribution in [3.63, 3.8) is 0 Å². The minimum absolute atomic E-state index is 0.801. The number of nitrogens with one attached hydrogen (secondary N) is 1. The fourth-order valence-corrected chi connectivity index (χ4v) is 3.36. The second-order valence-corrected chi connectivity index (χ2v) is 6.23. The van der Waals surface area contributed by atoms with Gasteiger partial charge in [-0.1, -0.05) is 18.2 Å². The second kappa shape index (κ2) is 4.87. The molecule has 0 bridgehead atoms. The van der Waals surface area contributed by atoms with E-state index in [2.05, 4.69) is 48.2 Å². The maximum absolute atomic E-state index is 4.60. The lowest BCUT2D eigenvalue weighted by Crippen LogP contribution is -1.99. The predicted molar refractivity (Wildman–Crippen MR) is 86.1 cm³/mol. The number of thiophene rings is 1. The van der Waals surface area contributed by atoms with Crippen LogP contribution in [0, 0.1) is 27.7 Å². The van der Waals surface area contributed by atoms with E-state index in [0.29, 0.717) is 0 Å². The van der Waals surface area contributed by atoms with E-state index in [1.807, 2.05) is 19.1 Å². The maximum atomic E-state index is 4.60. The lowest BCUT2D eigenvalue weighted by atomic mass is 10.2. The molecule has 20 heavy (non-hydrogen) atoms. The first-order valence-electron chi connectivity index (χ1n) is 6.63. The van der Waals surface area contributed by atoms with Crippen molar-refractivity contribution in [2.24, 2.45) is 0 Å². The summed E-state index contributed by atoms with van der Waals surface area (Å²) in [6.45, 7) is 8.30. The van der Waals surface area contributed by atoms with Crippen molar-refractivity contribution < 1.29 is 0 Å². The monoisotopic (exact) mass is 283 g/mol. The molecule has 102 valence electrons. The summed E-state index contributed by atoms with van der Waals surface area (Å²) in [6.07, 6.45) is 0. The van der Waals surface area contributed by atoms with Crippen LogP contribution in [0.15, 0.2) is 24.3 Å². The van der Waals surface area contributed by atoms with Gasteiger partial charge >= 0.3 is 0 Å². The Morgan fingerprint density at radius 1 is 1.00 bits per heavy atom. The molecule has 0 amide bonds. The molecule has 1 N–H and O–H groups in total. The normalized spacial score (nSPS) is 11.0. The molecule has 0 aliphatic carbocycles. The zero-order chi connectivity index (χ0) is 14.3. The molecule has 0 atom stereocenters. The number of hydrogen-bond acceptors (Lipinski definition) is 4. The smallest absolute Gasteiger partial charge is 0.143 e. The molecular weight excluding hydrogens is 266 g/mol. The Kier molecular flexibility index (Phi) is 3.18. The van der Waals surface area contributed by atoms with E-state index >= 15 is 0 Å². The second-order valence-electron chi connectivity index (χ2n) is 5.02. The molecule has 1 aromatic carbocycles. The molecule has 2 heterocycles. The molecule has 0 saturated carbocycles. The van der Waals surface area contributed by atoms with Crippen LogP contribution in [0.5, 0.6) is 0 Å². The maximum Gasteiger partial charge on any atom is 0.143 e. The SMILES string of the molecule is Cc1nc(Nc2ccccc2C)c2c(C)c(C)sc2n1. The fraction of sp³-hybridized carbons (Fsp3) is 0.250. The highest BCUT2D eigenvalue weighted by Gasteiger charge is 2.13. The van der Waals surface area contributed by atoms with E-state index in [1.54, 1.807) is 11.3 Å². The van der Waals surface area contributed by atoms with Gasteiger partial charge in [0.25, 0.3) is 0 Å². The third-order valence-corrected chi connectivity index (χ3v) is 4.64. The molecule has 0 radical (unpaired) electrons. The molecule has 3 rings (SSSR count). The zero-order valence-electron chi connectivity index (χ0n) is 12.1. The highest BCUT2D eigenvalue weighted by molar-refractivity contribution is 7.18. The number of benzene rings is 1. The Morgan fingerprint density at radius 2 is 1.75 bits per heavy atom. The Bertz CT molecular complexity index is 790. The molecule has 2 aromatic heterocycles. The molecule has 4 heteroatoms. The van der Waals surface area contributed by atoms with Gasteiger partial charge in [0, 0.05) is 10.6 Å². The minimum Gasteiger partial charge on any atom is -0.339 e. The first-order valence-corrected chi connectivity index (χ1v) is 7.45. The molecule has 0 aliphatic heterocycles. The number of aryl methyl sites for hydroxylation is 4. The summed E-state index contributed by atoms with van der Waals surface area (Å²) in [5.41, 5.74) is 3.57. The van der Waals surface area contributed by atoms with Gasteiger partial charge in [0.05, 0.1) is 5.39 Å². The minimum atomic E-state index is 0.801. The number of aromatic nitrogens is 2. The fourth-order valence-electron chi connectivity index (χ4n) is 2.29. The lowest BCUT2D eigenvalue weighted by Gasteiger charge is -2.10. The molecule has 0 saturated heterocycles. The Labute approximate surface area is 122 Å². The van der Waals surface area contributed by atoms with Crippen molar-refractivity contribution in [2.45, 2.75) is 27.7 Å². The number of rotatable bonds is 2. The van der Waals surface area contributed by atoms with Crippen LogP contribution in [0.4, 0.5) is 11.5 Å². The van der Waals surface area contributed by atoms with Gasteiger partial charge < -0.3 is 5.32 Å². The van der Waals surface area contributed by atoms with Gasteiger partial charge in [-0.2, -0.15) is 0 Å². The third kappa shape index (κ3) is 2.16. The summed E-state index contributed by atoms with van der Waals surface area (Å²) in [7, 11) is 0. The van der Waals surface area contributed by atoms with Crippen molar-refractivity contribution in [1.82, 2.24) is 9.97 Å². The molecule has 0 aliphatic rings. The van der Waals surface area contributed by atoms with Crippen molar-refractivity contribution >= 4 is 33.1 Å². The molecule has 0 unspecified atom stereocenters. The van der Waals surface area contributed by atoms with Gasteiger partial charge in [0.1, 0.15) is 16.5 Å². The summed E-state index contributed by atoms with van der Waals surface area (Å²) >= 11 is 1.73. The largest absolute Gasteiger partial charge is 0.339 e. The van der Waals surface area contributed by atoms with E-state index in [4.69, 9.17) is 0 Å². The van der Waals surface area contributed by atoms with Gasteiger partial charge in [0.15, 0.2) is 0 Å². The van der Waals surface area contributed by atoms with Crippen LogP contribution in [0.1, 0.15) is 21.8 Å². The van der Waals surface area contributed by atoms with Crippen LogP contribution in [0.25, 0.3) is 10.2 Å². The highest BCUT2D eigenvalue weighted by atomic mass is 32.1. The lowest BCUT2D eigenvalue weighted by molar-refractivity contribution is 1.10. The van der Waals surface area contributed by atoms with Crippen LogP contribution < -0.4 is 5.32 Å². The van der Waals surface area contributed by atoms with E-state index in [1.165, 1.54) is 16.0 Å². The predicted octanol–water partition coefficient (Wildman–Crippen LogP) is 4.67. The van der Waals surface area contributed by atoms with Gasteiger partial charge in [-0.3, -0.25) is 0 Å². The van der Waals surface area contributed by atoms with E-state index < -0.39 is 0 Å². The number of anilines is 2. The van der Waals surface area contributed by atoms with Crippen molar-refractivity contribution in [3.05, 3.63) is 46.1 Å². The molecular formula is C16H17N3S. The average Bonchev–Trinajstić information content (AvgIpc) is 2.67. The summed E-state index contributed by atoms with van der Waals surface area (Å²) in [5.74, 6) is 1.71. The summed E-state index contributed by atoms with van der Waals surface area (Å²) in [4.78, 5) is 11.5. The van der Waals surface area contributed by atoms with Crippen LogP contribution in [0.2, 0.25) is 0 Å². The van der Waals surface area contributed by atoms with Gasteiger partial charge in [-0.05, 0) is 44.9 Å². The van der Waals surface area contributed by atoms with Crippen LogP contribution in [0.3, 0.4) is 0 Å². The van der Waals surface area contributed by atoms with Gasteiger partial charge in [-0.25, -0.2) is 9.97 Å². The molecule has 3 nitrogen and oxygen atoms in total. The van der Waals surface area contributed by atoms with Crippen LogP contribution >= 0.6 is 11.3 Å². The number of fused-ring (bicyclic) bond motifs is 1. The van der Waals surface area contributed by atoms with Crippen molar-refractivity contribution in [1.29, 1.82) is 0 Å². The van der Waals surface area contributed by atoms with E-state index in [9.17, 15) is 0 Å². The number of para-hydroxylation sites is 1. The standard InChI is InChI=1S/C16H17N3S/c1-9-7-5-6-8-13(9)19-15-14-10(2)11(3)20-16(14)18-12(4)17-15/h5-8H,1-4H3,(H,17,18,19). The van der Waals surface area contributed by atoms with E-state index in [0.717, 1.165) is 27.5 Å². The van der Waals surface area contributed by atoms with Crippen molar-refractivity contribution in [3.8, 4) is 0 Å². The summed E-state index contributed by atoms with van der Waals surface area (Å²) < 4.78 is 0. The van der Waals surface area contributed by atoms with Crippen LogP contribution in [-0.2, 0) is 0 Å². The van der Waals surface area contributed by atoms with Gasteiger partial charge in [0.2, 0.25) is 0 Å². The molecule has 3 aromatic rings. The Morgan fingerprint density at radius 3 is 2.50 bits per heavy atom. The molecule has 0 spiro atoms. The quantitative estimate of drug-likeness (QED) is 0.742. The van der Waals surface area contributed by atoms with Crippen LogP contribution in [-0.4, -0.2) is 9.97 Å². The Balaban J connectivity index is 2.18. The van der Waals surface area contributed by atoms with Gasteiger partial charge in [-0.15, -0.1) is 11.3 Å². The van der Waals surface area contributed by atoms with Crippen molar-refractivity contribution in [2.75, 3.05) is 5.32 Å². The Hall–Kier alpha value is -1.94. The summed E-state index contributed by atoms with van der Waals surface area (Å²) in [5, 5.41) is 4.61. The zero-order valence-corrected chi connectivity index (χ0v) is 12.9. The number of nitrogens with zero attached hydrogens (tertiary/aromatic N) is 2.